The maximum absolute atomic E-state index is 12.8. The summed E-state index contributed by atoms with van der Waals surface area (Å²) < 4.78 is 20.1. The number of fused-ring (bicyclic) bond motifs is 3. The summed E-state index contributed by atoms with van der Waals surface area (Å²) >= 11 is 5.94. The minimum atomic E-state index is -3.67. The van der Waals surface area contributed by atoms with E-state index in [0.717, 1.165) is 52.4 Å². The second-order valence-electron chi connectivity index (χ2n) is 6.77. The Labute approximate surface area is 173 Å². The molecule has 9 heteroatoms. The number of rotatable bonds is 3. The maximum Gasteiger partial charge on any atom is 0.271 e. The average Bonchev–Trinajstić information content (AvgIpc) is 3.14. The molecule has 0 atom stereocenters. The molecule has 7 nitrogen and oxygen atoms in total. The fraction of sp³-hybridized carbons (Fsp3) is 0.250. The van der Waals surface area contributed by atoms with Crippen LogP contribution in [-0.4, -0.2) is 24.0 Å². The number of benzene rings is 2. The summed E-state index contributed by atoms with van der Waals surface area (Å²) in [6.45, 7) is 0.475. The summed E-state index contributed by atoms with van der Waals surface area (Å²) in [7, 11) is -3.67. The molecule has 0 spiro atoms. The number of phenolic OH excluding ortho intramolecular Hbond substituents is 1. The van der Waals surface area contributed by atoms with Crippen LogP contribution in [0.25, 0.3) is 22.0 Å². The number of halogens is 1. The number of aromatic nitrogens is 1. The molecule has 2 aromatic carbocycles. The van der Waals surface area contributed by atoms with Crippen LogP contribution in [0.4, 0.5) is 0 Å². The molecule has 0 saturated carbocycles. The first kappa shape index (κ1) is 21.3. The summed E-state index contributed by atoms with van der Waals surface area (Å²) in [5.74, 6) is 0.633. The topological polar surface area (TPSA) is 128 Å². The Morgan fingerprint density at radius 1 is 1.03 bits per heavy atom. The zero-order valence-electron chi connectivity index (χ0n) is 15.6. The Balaban J connectivity index is 0.000000431. The smallest absolute Gasteiger partial charge is 0.271 e. The van der Waals surface area contributed by atoms with Crippen LogP contribution in [0.5, 0.6) is 5.75 Å². The van der Waals surface area contributed by atoms with Gasteiger partial charge >= 0.3 is 0 Å². The van der Waals surface area contributed by atoms with E-state index in [1.54, 1.807) is 10.6 Å². The van der Waals surface area contributed by atoms with Gasteiger partial charge in [-0.05, 0) is 42.5 Å². The molecular weight excluding hydrogens is 414 g/mol. The summed E-state index contributed by atoms with van der Waals surface area (Å²) in [5, 5.41) is 19.8. The van der Waals surface area contributed by atoms with Crippen molar-refractivity contribution in [3.8, 4) is 16.9 Å². The van der Waals surface area contributed by atoms with Gasteiger partial charge in [0.1, 0.15) is 5.75 Å². The fourth-order valence-corrected chi connectivity index (χ4v) is 4.01. The standard InChI is InChI=1S/C20H18ClNO2.H4N2O2S/c21-11-12-22-16-9-10-17(23)18(13-5-2-1-3-6-13)19(16)14-7-4-8-15(14)20(22)24;1-5(2,3)4/h1-3,5-6,9-10,23H,4,7-8,11-12H2;(H4,1,2,3,4). The van der Waals surface area contributed by atoms with Crippen molar-refractivity contribution in [2.75, 3.05) is 5.88 Å². The van der Waals surface area contributed by atoms with Crippen LogP contribution in [0.15, 0.2) is 47.3 Å². The Kier molecular flexibility index (Phi) is 6.28. The number of nitrogens with zero attached hydrogens (tertiary/aromatic N) is 1. The van der Waals surface area contributed by atoms with E-state index in [1.807, 2.05) is 36.4 Å². The minimum absolute atomic E-state index is 0.0698. The zero-order chi connectivity index (χ0) is 21.2. The van der Waals surface area contributed by atoms with Crippen LogP contribution < -0.4 is 15.8 Å². The molecule has 154 valence electrons. The monoisotopic (exact) mass is 435 g/mol. The van der Waals surface area contributed by atoms with Gasteiger partial charge in [-0.1, -0.05) is 30.3 Å². The number of aromatic hydroxyl groups is 1. The number of phenols is 1. The fourth-order valence-electron chi connectivity index (χ4n) is 3.84. The quantitative estimate of drug-likeness (QED) is 0.545. The lowest BCUT2D eigenvalue weighted by Crippen LogP contribution is -2.25. The highest BCUT2D eigenvalue weighted by Gasteiger charge is 2.24. The van der Waals surface area contributed by atoms with Gasteiger partial charge in [0, 0.05) is 28.9 Å². The summed E-state index contributed by atoms with van der Waals surface area (Å²) in [5.41, 5.74) is 4.68. The Morgan fingerprint density at radius 2 is 1.66 bits per heavy atom. The third kappa shape index (κ3) is 4.62. The molecule has 3 aromatic rings. The first-order valence-electron chi connectivity index (χ1n) is 9.04. The third-order valence-electron chi connectivity index (χ3n) is 4.85. The molecule has 0 unspecified atom stereocenters. The van der Waals surface area contributed by atoms with Crippen LogP contribution in [0.2, 0.25) is 0 Å². The molecule has 0 saturated heterocycles. The highest BCUT2D eigenvalue weighted by Crippen LogP contribution is 2.40. The van der Waals surface area contributed by atoms with Gasteiger partial charge in [0.15, 0.2) is 0 Å². The Hall–Kier alpha value is -2.39. The van der Waals surface area contributed by atoms with Gasteiger partial charge in [0.25, 0.3) is 15.8 Å². The number of nitrogens with two attached hydrogens (primary N) is 2. The highest BCUT2D eigenvalue weighted by molar-refractivity contribution is 7.86. The van der Waals surface area contributed by atoms with E-state index < -0.39 is 10.2 Å². The van der Waals surface area contributed by atoms with Gasteiger partial charge in [0.05, 0.1) is 5.52 Å². The lowest BCUT2D eigenvalue weighted by molar-refractivity contribution is 0.478. The van der Waals surface area contributed by atoms with Crippen molar-refractivity contribution in [3.63, 3.8) is 0 Å². The molecule has 0 amide bonds. The second-order valence-corrected chi connectivity index (χ2v) is 8.32. The van der Waals surface area contributed by atoms with Crippen LogP contribution in [-0.2, 0) is 29.6 Å². The first-order chi connectivity index (χ1) is 13.7. The van der Waals surface area contributed by atoms with Gasteiger partial charge in [-0.15, -0.1) is 11.6 Å². The number of hydrogen-bond acceptors (Lipinski definition) is 4. The molecular formula is C20H22ClN3O4S. The minimum Gasteiger partial charge on any atom is -0.507 e. The molecule has 0 aliphatic heterocycles. The highest BCUT2D eigenvalue weighted by atomic mass is 35.5. The molecule has 0 radical (unpaired) electrons. The lowest BCUT2D eigenvalue weighted by atomic mass is 9.94. The van der Waals surface area contributed by atoms with Gasteiger partial charge in [-0.25, -0.2) is 10.3 Å². The molecule has 1 heterocycles. The van der Waals surface area contributed by atoms with Gasteiger partial charge in [0.2, 0.25) is 0 Å². The van der Waals surface area contributed by atoms with E-state index in [4.69, 9.17) is 11.6 Å². The third-order valence-corrected chi connectivity index (χ3v) is 5.01. The SMILES string of the molecule is NS(N)(=O)=O.O=c1c2c(c3c(-c4ccccc4)c(O)ccc3n1CCCl)CCC2. The predicted octanol–water partition coefficient (Wildman–Crippen LogP) is 2.25. The molecule has 1 aliphatic rings. The van der Waals surface area contributed by atoms with E-state index in [9.17, 15) is 18.3 Å². The van der Waals surface area contributed by atoms with Crippen molar-refractivity contribution in [1.29, 1.82) is 0 Å². The molecule has 4 rings (SSSR count). The Bertz CT molecular complexity index is 1200. The molecule has 1 aliphatic carbocycles. The summed E-state index contributed by atoms with van der Waals surface area (Å²) in [6, 6.07) is 13.4. The van der Waals surface area contributed by atoms with Crippen molar-refractivity contribution in [1.82, 2.24) is 4.57 Å². The molecule has 0 bridgehead atoms. The van der Waals surface area contributed by atoms with Crippen LogP contribution in [0, 0.1) is 0 Å². The van der Waals surface area contributed by atoms with Crippen molar-refractivity contribution in [2.24, 2.45) is 10.3 Å². The van der Waals surface area contributed by atoms with Gasteiger partial charge in [-0.2, -0.15) is 8.42 Å². The van der Waals surface area contributed by atoms with E-state index in [-0.39, 0.29) is 11.3 Å². The Morgan fingerprint density at radius 3 is 2.28 bits per heavy atom. The van der Waals surface area contributed by atoms with Crippen molar-refractivity contribution in [2.45, 2.75) is 25.8 Å². The van der Waals surface area contributed by atoms with E-state index in [0.29, 0.717) is 12.4 Å². The van der Waals surface area contributed by atoms with Crippen LogP contribution >= 0.6 is 11.6 Å². The average molecular weight is 436 g/mol. The van der Waals surface area contributed by atoms with Crippen LogP contribution in [0.1, 0.15) is 17.5 Å². The summed E-state index contributed by atoms with van der Waals surface area (Å²) in [4.78, 5) is 12.8. The van der Waals surface area contributed by atoms with Crippen molar-refractivity contribution < 1.29 is 13.5 Å². The lowest BCUT2D eigenvalue weighted by Gasteiger charge is -2.17. The number of aryl methyl sites for hydroxylation is 2. The van der Waals surface area contributed by atoms with E-state index in [1.165, 1.54) is 0 Å². The van der Waals surface area contributed by atoms with E-state index >= 15 is 0 Å². The van der Waals surface area contributed by atoms with Crippen LogP contribution in [0.3, 0.4) is 0 Å². The number of hydrogen-bond donors (Lipinski definition) is 3. The summed E-state index contributed by atoms with van der Waals surface area (Å²) in [6.07, 6.45) is 2.66. The predicted molar refractivity (Wildman–Crippen MR) is 115 cm³/mol. The van der Waals surface area contributed by atoms with Crippen molar-refractivity contribution >= 4 is 32.7 Å². The molecule has 0 fully saturated rings. The molecule has 5 N–H and O–H groups in total. The second kappa shape index (κ2) is 8.54. The first-order valence-corrected chi connectivity index (χ1v) is 11.2. The largest absolute Gasteiger partial charge is 0.507 e. The van der Waals surface area contributed by atoms with Crippen molar-refractivity contribution in [3.05, 3.63) is 63.9 Å². The van der Waals surface area contributed by atoms with Gasteiger partial charge in [-0.3, -0.25) is 4.79 Å². The maximum atomic E-state index is 12.8. The number of alkyl halides is 1. The molecule has 29 heavy (non-hydrogen) atoms. The zero-order valence-corrected chi connectivity index (χ0v) is 17.2. The van der Waals surface area contributed by atoms with Gasteiger partial charge < -0.3 is 9.67 Å². The molecule has 1 aromatic heterocycles. The van der Waals surface area contributed by atoms with E-state index in [2.05, 4.69) is 10.3 Å². The normalized spacial score (nSPS) is 13.1. The number of pyridine rings is 1.